The van der Waals surface area contributed by atoms with Crippen LogP contribution in [0.5, 0.6) is 5.75 Å². The minimum atomic E-state index is -4.19. The van der Waals surface area contributed by atoms with Crippen LogP contribution in [-0.4, -0.2) is 50.9 Å². The van der Waals surface area contributed by atoms with Gasteiger partial charge in [0.1, 0.15) is 18.3 Å². The van der Waals surface area contributed by atoms with E-state index in [1.54, 1.807) is 60.7 Å². The summed E-state index contributed by atoms with van der Waals surface area (Å²) in [5.74, 6) is -0.491. The van der Waals surface area contributed by atoms with E-state index in [0.29, 0.717) is 22.8 Å². The van der Waals surface area contributed by atoms with Crippen molar-refractivity contribution in [3.63, 3.8) is 0 Å². The van der Waals surface area contributed by atoms with Gasteiger partial charge >= 0.3 is 0 Å². The number of rotatable bonds is 12. The third kappa shape index (κ3) is 7.44. The maximum atomic E-state index is 14.3. The van der Waals surface area contributed by atoms with Gasteiger partial charge in [-0.2, -0.15) is 0 Å². The Morgan fingerprint density at radius 1 is 0.952 bits per heavy atom. The van der Waals surface area contributed by atoms with Crippen LogP contribution in [0, 0.1) is 0 Å². The van der Waals surface area contributed by atoms with Crippen LogP contribution in [0.1, 0.15) is 51.0 Å². The quantitative estimate of drug-likeness (QED) is 0.279. The molecule has 1 aliphatic rings. The lowest BCUT2D eigenvalue weighted by molar-refractivity contribution is -0.140. The number of sulfonamides is 1. The second kappa shape index (κ2) is 14.6. The van der Waals surface area contributed by atoms with E-state index >= 15 is 0 Å². The zero-order valence-corrected chi connectivity index (χ0v) is 25.6. The molecule has 42 heavy (non-hydrogen) atoms. The summed E-state index contributed by atoms with van der Waals surface area (Å²) in [6.45, 7) is 1.34. The number of carbonyl (C=O) groups is 2. The molecule has 1 aliphatic carbocycles. The average Bonchev–Trinajstić information content (AvgIpc) is 3.01. The fourth-order valence-corrected chi connectivity index (χ4v) is 6.98. The highest BCUT2D eigenvalue weighted by atomic mass is 35.5. The van der Waals surface area contributed by atoms with Crippen LogP contribution in [0.3, 0.4) is 0 Å². The molecular weight excluding hydrogens is 574 g/mol. The molecule has 0 radical (unpaired) electrons. The Labute approximate surface area is 253 Å². The highest BCUT2D eigenvalue weighted by molar-refractivity contribution is 7.92. The lowest BCUT2D eigenvalue weighted by Crippen LogP contribution is -2.54. The molecule has 1 atom stereocenters. The highest BCUT2D eigenvalue weighted by Gasteiger charge is 2.35. The second-order valence-corrected chi connectivity index (χ2v) is 12.6. The Kier molecular flexibility index (Phi) is 10.9. The number of amides is 2. The van der Waals surface area contributed by atoms with Gasteiger partial charge in [0.15, 0.2) is 0 Å². The number of halogens is 1. The van der Waals surface area contributed by atoms with Crippen molar-refractivity contribution >= 4 is 39.1 Å². The van der Waals surface area contributed by atoms with E-state index in [0.717, 1.165) is 36.4 Å². The topological polar surface area (TPSA) is 96.0 Å². The third-order valence-corrected chi connectivity index (χ3v) is 9.74. The Morgan fingerprint density at radius 3 is 2.26 bits per heavy atom. The number of benzene rings is 3. The van der Waals surface area contributed by atoms with Crippen LogP contribution < -0.4 is 14.4 Å². The molecule has 3 aromatic carbocycles. The number of para-hydroxylation sites is 2. The molecule has 0 aromatic heterocycles. The summed E-state index contributed by atoms with van der Waals surface area (Å²) in [6.07, 6.45) is 5.39. The van der Waals surface area contributed by atoms with Gasteiger partial charge in [0.25, 0.3) is 10.0 Å². The van der Waals surface area contributed by atoms with E-state index in [-0.39, 0.29) is 29.1 Å². The van der Waals surface area contributed by atoms with Gasteiger partial charge in [-0.05, 0) is 55.2 Å². The zero-order valence-electron chi connectivity index (χ0n) is 24.0. The minimum Gasteiger partial charge on any atom is -0.495 e. The van der Waals surface area contributed by atoms with Crippen molar-refractivity contribution in [3.8, 4) is 5.75 Å². The summed E-state index contributed by atoms with van der Waals surface area (Å²) >= 11 is 6.49. The van der Waals surface area contributed by atoms with Crippen molar-refractivity contribution in [2.75, 3.05) is 18.0 Å². The number of ether oxygens (including phenoxy) is 1. The molecule has 0 saturated heterocycles. The summed E-state index contributed by atoms with van der Waals surface area (Å²) in [7, 11) is -2.75. The Hall–Kier alpha value is -3.56. The molecule has 0 spiro atoms. The predicted molar refractivity (Wildman–Crippen MR) is 165 cm³/mol. The lowest BCUT2D eigenvalue weighted by Gasteiger charge is -2.34. The first-order chi connectivity index (χ1) is 20.3. The molecule has 1 N–H and O–H groups in total. The predicted octanol–water partition coefficient (Wildman–Crippen LogP) is 5.80. The van der Waals surface area contributed by atoms with E-state index in [1.165, 1.54) is 24.1 Å². The lowest BCUT2D eigenvalue weighted by atomic mass is 9.95. The maximum Gasteiger partial charge on any atom is 0.264 e. The number of hydrogen-bond donors (Lipinski definition) is 1. The number of methoxy groups -OCH3 is 1. The molecule has 3 aromatic rings. The van der Waals surface area contributed by atoms with Gasteiger partial charge in [0.2, 0.25) is 11.8 Å². The minimum absolute atomic E-state index is 0.0310. The van der Waals surface area contributed by atoms with Gasteiger partial charge < -0.3 is 15.0 Å². The third-order valence-electron chi connectivity index (χ3n) is 7.60. The number of carbonyl (C=O) groups excluding carboxylic acids is 2. The van der Waals surface area contributed by atoms with E-state index in [2.05, 4.69) is 5.32 Å². The summed E-state index contributed by atoms with van der Waals surface area (Å²) in [6, 6.07) is 20.9. The second-order valence-electron chi connectivity index (χ2n) is 10.4. The van der Waals surface area contributed by atoms with E-state index in [9.17, 15) is 18.0 Å². The summed E-state index contributed by atoms with van der Waals surface area (Å²) in [5, 5.41) is 3.60. The molecule has 2 amide bonds. The first kappa shape index (κ1) is 31.4. The first-order valence-corrected chi connectivity index (χ1v) is 16.1. The summed E-state index contributed by atoms with van der Waals surface area (Å²) in [4.78, 5) is 29.4. The first-order valence-electron chi connectivity index (χ1n) is 14.3. The van der Waals surface area contributed by atoms with Crippen molar-refractivity contribution in [1.29, 1.82) is 0 Å². The fourth-order valence-electron chi connectivity index (χ4n) is 5.34. The molecule has 4 rings (SSSR count). The van der Waals surface area contributed by atoms with Crippen molar-refractivity contribution in [2.45, 2.75) is 69.0 Å². The molecule has 10 heteroatoms. The monoisotopic (exact) mass is 611 g/mol. The molecule has 0 unspecified atom stereocenters. The molecule has 8 nitrogen and oxygen atoms in total. The highest BCUT2D eigenvalue weighted by Crippen LogP contribution is 2.33. The van der Waals surface area contributed by atoms with Crippen LogP contribution in [0.4, 0.5) is 5.69 Å². The Morgan fingerprint density at radius 2 is 1.60 bits per heavy atom. The standard InChI is InChI=1S/C32H38ClN3O5S/c1-3-28(32(38)34-25-15-6-4-7-16-25)35(22-24-14-10-11-19-27(24)33)31(37)23-36(29-20-12-13-21-30(29)41-2)42(39,40)26-17-8-5-9-18-26/h5,8-14,17-21,25,28H,3-4,6-7,15-16,22-23H2,1-2H3,(H,34,38)/t28-/m0/s1. The molecule has 0 aliphatic heterocycles. The van der Waals surface area contributed by atoms with Crippen molar-refractivity contribution in [1.82, 2.24) is 10.2 Å². The largest absolute Gasteiger partial charge is 0.495 e. The number of hydrogen-bond acceptors (Lipinski definition) is 5. The van der Waals surface area contributed by atoms with Crippen LogP contribution in [0.2, 0.25) is 5.02 Å². The van der Waals surface area contributed by atoms with Crippen LogP contribution >= 0.6 is 11.6 Å². The van der Waals surface area contributed by atoms with Crippen LogP contribution in [0.25, 0.3) is 0 Å². The van der Waals surface area contributed by atoms with Crippen molar-refractivity contribution < 1.29 is 22.7 Å². The fraction of sp³-hybridized carbons (Fsp3) is 0.375. The van der Waals surface area contributed by atoms with Crippen molar-refractivity contribution in [3.05, 3.63) is 89.4 Å². The van der Waals surface area contributed by atoms with Crippen LogP contribution in [-0.2, 0) is 26.2 Å². The van der Waals surface area contributed by atoms with Gasteiger partial charge in [-0.15, -0.1) is 0 Å². The Balaban J connectivity index is 1.73. The average molecular weight is 612 g/mol. The SMILES string of the molecule is CC[C@@H](C(=O)NC1CCCCC1)N(Cc1ccccc1Cl)C(=O)CN(c1ccccc1OC)S(=O)(=O)c1ccccc1. The van der Waals surface area contributed by atoms with Gasteiger partial charge in [0.05, 0.1) is 17.7 Å². The van der Waals surface area contributed by atoms with Crippen molar-refractivity contribution in [2.24, 2.45) is 0 Å². The summed E-state index contributed by atoms with van der Waals surface area (Å²) in [5.41, 5.74) is 0.876. The van der Waals surface area contributed by atoms with Gasteiger partial charge in [0, 0.05) is 17.6 Å². The van der Waals surface area contributed by atoms with E-state index < -0.39 is 28.5 Å². The Bertz CT molecular complexity index is 1460. The molecule has 224 valence electrons. The molecular formula is C32H38ClN3O5S. The van der Waals surface area contributed by atoms with Gasteiger partial charge in [-0.25, -0.2) is 8.42 Å². The molecule has 1 fully saturated rings. The number of nitrogens with one attached hydrogen (secondary N) is 1. The van der Waals surface area contributed by atoms with Gasteiger partial charge in [-0.3, -0.25) is 13.9 Å². The summed E-state index contributed by atoms with van der Waals surface area (Å²) < 4.78 is 34.6. The number of anilines is 1. The van der Waals surface area contributed by atoms with Gasteiger partial charge in [-0.1, -0.05) is 86.3 Å². The molecule has 0 bridgehead atoms. The maximum absolute atomic E-state index is 14.3. The van der Waals surface area contributed by atoms with E-state index in [1.807, 2.05) is 13.0 Å². The van der Waals surface area contributed by atoms with E-state index in [4.69, 9.17) is 16.3 Å². The molecule has 0 heterocycles. The normalized spacial score (nSPS) is 14.5. The zero-order chi connectivity index (χ0) is 30.1. The smallest absolute Gasteiger partial charge is 0.264 e. The number of nitrogens with zero attached hydrogens (tertiary/aromatic N) is 2. The molecule has 1 saturated carbocycles. The van der Waals surface area contributed by atoms with Crippen LogP contribution in [0.15, 0.2) is 83.8 Å².